The Kier molecular flexibility index (Phi) is 3.42. The minimum absolute atomic E-state index is 0.0156. The Hall–Kier alpha value is -1.54. The summed E-state index contributed by atoms with van der Waals surface area (Å²) in [6, 6.07) is 6.46. The number of aliphatic hydroxyl groups is 1. The van der Waals surface area contributed by atoms with Crippen LogP contribution in [0.4, 0.5) is 5.69 Å². The van der Waals surface area contributed by atoms with E-state index in [-0.39, 0.29) is 24.2 Å². The molecule has 0 aromatic heterocycles. The maximum Gasteiger partial charge on any atom is 0.269 e. The zero-order valence-electron chi connectivity index (χ0n) is 12.8. The van der Waals surface area contributed by atoms with E-state index in [1.165, 1.54) is 12.1 Å². The predicted octanol–water partition coefficient (Wildman–Crippen LogP) is 1.96. The van der Waals surface area contributed by atoms with Crippen LogP contribution in [-0.2, 0) is 9.47 Å². The molecule has 3 fully saturated rings. The average molecular weight is 320 g/mol. The number of aliphatic hydroxyl groups excluding tert-OH is 1. The summed E-state index contributed by atoms with van der Waals surface area (Å²) in [6.07, 6.45) is 3.74. The summed E-state index contributed by atoms with van der Waals surface area (Å²) in [5.74, 6) is 0. The Balaban J connectivity index is 1.70. The number of nitrogens with zero attached hydrogens (tertiary/aromatic N) is 2. The van der Waals surface area contributed by atoms with Gasteiger partial charge in [0.15, 0.2) is 0 Å². The number of nitro benzene ring substituents is 1. The Morgan fingerprint density at radius 2 is 1.96 bits per heavy atom. The van der Waals surface area contributed by atoms with Gasteiger partial charge in [-0.25, -0.2) is 4.90 Å². The third-order valence-electron chi connectivity index (χ3n) is 5.37. The van der Waals surface area contributed by atoms with Gasteiger partial charge >= 0.3 is 0 Å². The van der Waals surface area contributed by atoms with Crippen LogP contribution < -0.4 is 0 Å². The van der Waals surface area contributed by atoms with Crippen LogP contribution in [0.25, 0.3) is 0 Å². The molecule has 23 heavy (non-hydrogen) atoms. The molecule has 2 atom stereocenters. The molecule has 1 N–H and O–H groups in total. The molecule has 7 heteroatoms. The molecule has 2 aliphatic heterocycles. The fourth-order valence-corrected chi connectivity index (χ4v) is 4.21. The average Bonchev–Trinajstić information content (AvgIpc) is 3.25. The molecule has 1 aromatic carbocycles. The van der Waals surface area contributed by atoms with Gasteiger partial charge < -0.3 is 14.6 Å². The second kappa shape index (κ2) is 5.24. The molecule has 0 amide bonds. The van der Waals surface area contributed by atoms with Gasteiger partial charge in [-0.3, -0.25) is 10.1 Å². The molecule has 124 valence electrons. The highest BCUT2D eigenvalue weighted by Gasteiger charge is 2.63. The van der Waals surface area contributed by atoms with Crippen LogP contribution in [0, 0.1) is 10.1 Å². The third kappa shape index (κ3) is 2.11. The van der Waals surface area contributed by atoms with Crippen molar-refractivity contribution >= 4 is 5.69 Å². The number of rotatable bonds is 3. The first-order valence-corrected chi connectivity index (χ1v) is 8.01. The first-order valence-electron chi connectivity index (χ1n) is 8.01. The predicted molar refractivity (Wildman–Crippen MR) is 80.6 cm³/mol. The smallest absolute Gasteiger partial charge is 0.269 e. The Morgan fingerprint density at radius 3 is 2.57 bits per heavy atom. The summed E-state index contributed by atoms with van der Waals surface area (Å²) in [4.78, 5) is 12.6. The molecule has 0 unspecified atom stereocenters. The summed E-state index contributed by atoms with van der Waals surface area (Å²) < 4.78 is 12.2. The van der Waals surface area contributed by atoms with Crippen LogP contribution in [0.2, 0.25) is 0 Å². The fourth-order valence-electron chi connectivity index (χ4n) is 4.21. The van der Waals surface area contributed by atoms with Crippen molar-refractivity contribution < 1.29 is 19.5 Å². The first kappa shape index (κ1) is 15.0. The number of benzene rings is 1. The van der Waals surface area contributed by atoms with Gasteiger partial charge in [0.25, 0.3) is 5.69 Å². The van der Waals surface area contributed by atoms with Gasteiger partial charge in [-0.1, -0.05) is 0 Å². The number of nitro groups is 1. The molecule has 1 aromatic rings. The highest BCUT2D eigenvalue weighted by molar-refractivity contribution is 5.34. The molecule has 1 saturated carbocycles. The minimum Gasteiger partial charge on any atom is -0.394 e. The molecular weight excluding hydrogens is 300 g/mol. The third-order valence-corrected chi connectivity index (χ3v) is 5.37. The Morgan fingerprint density at radius 1 is 1.26 bits per heavy atom. The summed E-state index contributed by atoms with van der Waals surface area (Å²) >= 11 is 0. The largest absolute Gasteiger partial charge is 0.394 e. The van der Waals surface area contributed by atoms with Gasteiger partial charge in [0.1, 0.15) is 12.0 Å². The van der Waals surface area contributed by atoms with Crippen LogP contribution in [0.3, 0.4) is 0 Å². The molecule has 4 rings (SSSR count). The monoisotopic (exact) mass is 320 g/mol. The van der Waals surface area contributed by atoms with Gasteiger partial charge in [-0.15, -0.1) is 0 Å². The summed E-state index contributed by atoms with van der Waals surface area (Å²) in [5.41, 5.74) is 0.0544. The lowest BCUT2D eigenvalue weighted by Gasteiger charge is -2.39. The molecule has 2 heterocycles. The summed E-state index contributed by atoms with van der Waals surface area (Å²) in [6.45, 7) is 0.859. The van der Waals surface area contributed by atoms with E-state index in [9.17, 15) is 15.2 Å². The molecular formula is C16H20N2O5. The van der Waals surface area contributed by atoms with E-state index in [1.54, 1.807) is 12.1 Å². The van der Waals surface area contributed by atoms with Gasteiger partial charge in [0, 0.05) is 12.1 Å². The topological polar surface area (TPSA) is 85.1 Å². The van der Waals surface area contributed by atoms with Crippen molar-refractivity contribution in [1.29, 1.82) is 0 Å². The molecule has 1 aliphatic carbocycles. The highest BCUT2D eigenvalue weighted by Crippen LogP contribution is 2.53. The lowest BCUT2D eigenvalue weighted by Crippen LogP contribution is -2.54. The van der Waals surface area contributed by atoms with Crippen molar-refractivity contribution in [3.05, 3.63) is 39.9 Å². The normalized spacial score (nSPS) is 32.5. The molecule has 2 saturated heterocycles. The van der Waals surface area contributed by atoms with Crippen LogP contribution in [0.15, 0.2) is 24.3 Å². The number of hydrogen-bond donors (Lipinski definition) is 1. The number of fused-ring (bicyclic) bond motifs is 2. The summed E-state index contributed by atoms with van der Waals surface area (Å²) in [7, 11) is 0. The van der Waals surface area contributed by atoms with E-state index in [0.717, 1.165) is 31.2 Å². The minimum atomic E-state index is -0.503. The van der Waals surface area contributed by atoms with E-state index in [0.29, 0.717) is 13.2 Å². The van der Waals surface area contributed by atoms with Gasteiger partial charge in [0.2, 0.25) is 0 Å². The Bertz CT molecular complexity index is 613. The van der Waals surface area contributed by atoms with Crippen molar-refractivity contribution in [2.24, 2.45) is 0 Å². The quantitative estimate of drug-likeness (QED) is 0.677. The molecule has 0 radical (unpaired) electrons. The van der Waals surface area contributed by atoms with Crippen LogP contribution in [-0.4, -0.2) is 46.0 Å². The number of non-ortho nitro benzene ring substituents is 1. The van der Waals surface area contributed by atoms with Crippen molar-refractivity contribution in [2.75, 3.05) is 19.8 Å². The van der Waals surface area contributed by atoms with Crippen molar-refractivity contribution in [2.45, 2.75) is 43.2 Å². The summed E-state index contributed by atoms with van der Waals surface area (Å²) in [5, 5.41) is 20.8. The van der Waals surface area contributed by atoms with E-state index in [4.69, 9.17) is 9.47 Å². The zero-order valence-corrected chi connectivity index (χ0v) is 12.8. The van der Waals surface area contributed by atoms with Gasteiger partial charge in [-0.05, 0) is 43.4 Å². The zero-order chi connectivity index (χ0) is 16.1. The van der Waals surface area contributed by atoms with E-state index < -0.39 is 10.5 Å². The lowest BCUT2D eigenvalue weighted by molar-refractivity contribution is -0.384. The SMILES string of the molecule is O=[N+]([O-])c1ccc([C@H]2OC[C@@]3(CO)COC4(CCCC4)N23)cc1. The maximum atomic E-state index is 10.8. The second-order valence-electron chi connectivity index (χ2n) is 6.71. The first-order chi connectivity index (χ1) is 11.1. The van der Waals surface area contributed by atoms with Gasteiger partial charge in [0.05, 0.1) is 30.3 Å². The van der Waals surface area contributed by atoms with Crippen LogP contribution in [0.1, 0.15) is 37.5 Å². The number of ether oxygens (including phenoxy) is 2. The van der Waals surface area contributed by atoms with Crippen molar-refractivity contribution in [1.82, 2.24) is 4.90 Å². The molecule has 3 aliphatic rings. The molecule has 7 nitrogen and oxygen atoms in total. The van der Waals surface area contributed by atoms with Crippen molar-refractivity contribution in [3.63, 3.8) is 0 Å². The molecule has 1 spiro atoms. The molecule has 0 bridgehead atoms. The Labute approximate surface area is 133 Å². The van der Waals surface area contributed by atoms with Crippen LogP contribution >= 0.6 is 0 Å². The van der Waals surface area contributed by atoms with Crippen LogP contribution in [0.5, 0.6) is 0 Å². The highest BCUT2D eigenvalue weighted by atomic mass is 16.6. The van der Waals surface area contributed by atoms with Gasteiger partial charge in [-0.2, -0.15) is 0 Å². The second-order valence-corrected chi connectivity index (χ2v) is 6.71. The lowest BCUT2D eigenvalue weighted by atomic mass is 9.98. The standard InChI is InChI=1S/C16H20N2O5/c19-9-15-10-22-14(12-3-5-13(6-4-12)18(20)21)17(15)16(23-11-15)7-1-2-8-16/h3-6,14,19H,1-2,7-11H2/t14-,15+/m1/s1. The van der Waals surface area contributed by atoms with Crippen molar-refractivity contribution in [3.8, 4) is 0 Å². The van der Waals surface area contributed by atoms with E-state index in [1.807, 2.05) is 0 Å². The fraction of sp³-hybridized carbons (Fsp3) is 0.625. The van der Waals surface area contributed by atoms with E-state index in [2.05, 4.69) is 4.90 Å². The van der Waals surface area contributed by atoms with E-state index >= 15 is 0 Å². The number of hydrogen-bond acceptors (Lipinski definition) is 6. The maximum absolute atomic E-state index is 10.8.